The number of imidazole rings is 1. The topological polar surface area (TPSA) is 43.6 Å². The highest BCUT2D eigenvalue weighted by Crippen LogP contribution is 2.02. The van der Waals surface area contributed by atoms with Crippen molar-refractivity contribution in [2.75, 3.05) is 0 Å². The molecule has 2 aromatic rings. The van der Waals surface area contributed by atoms with Crippen molar-refractivity contribution in [3.63, 3.8) is 0 Å². The number of aromatic nitrogens is 4. The zero-order valence-corrected chi connectivity index (χ0v) is 7.60. The van der Waals surface area contributed by atoms with Gasteiger partial charge in [-0.05, 0) is 19.9 Å². The first kappa shape index (κ1) is 7.91. The molecule has 2 heterocycles. The van der Waals surface area contributed by atoms with Crippen molar-refractivity contribution in [2.24, 2.45) is 0 Å². The lowest BCUT2D eigenvalue weighted by molar-refractivity contribution is 0.909. The maximum Gasteiger partial charge on any atom is 0.235 e. The predicted molar refractivity (Wildman–Crippen MR) is 48.6 cm³/mol. The van der Waals surface area contributed by atoms with E-state index >= 15 is 0 Å². The van der Waals surface area contributed by atoms with Gasteiger partial charge in [0.2, 0.25) is 5.95 Å². The average molecular weight is 174 g/mol. The average Bonchev–Trinajstić information content (AvgIpc) is 2.52. The van der Waals surface area contributed by atoms with E-state index in [1.165, 1.54) is 0 Å². The molecule has 0 amide bonds. The van der Waals surface area contributed by atoms with E-state index < -0.39 is 0 Å². The van der Waals surface area contributed by atoms with Gasteiger partial charge in [0, 0.05) is 18.1 Å². The summed E-state index contributed by atoms with van der Waals surface area (Å²) in [5, 5.41) is 0. The quantitative estimate of drug-likeness (QED) is 0.654. The van der Waals surface area contributed by atoms with Crippen molar-refractivity contribution < 1.29 is 0 Å². The molecular weight excluding hydrogens is 164 g/mol. The number of nitrogens with zero attached hydrogens (tertiary/aromatic N) is 4. The lowest BCUT2D eigenvalue weighted by Crippen LogP contribution is -1.98. The first-order valence-corrected chi connectivity index (χ1v) is 4.06. The van der Waals surface area contributed by atoms with Gasteiger partial charge in [0.05, 0.1) is 5.69 Å². The smallest absolute Gasteiger partial charge is 0.235 e. The summed E-state index contributed by atoms with van der Waals surface area (Å²) in [6.07, 6.45) is 5.35. The summed E-state index contributed by atoms with van der Waals surface area (Å²) in [5.41, 5.74) is 1.92. The molecule has 13 heavy (non-hydrogen) atoms. The van der Waals surface area contributed by atoms with Gasteiger partial charge in [-0.15, -0.1) is 0 Å². The van der Waals surface area contributed by atoms with Crippen LogP contribution in [-0.4, -0.2) is 19.5 Å². The first-order valence-electron chi connectivity index (χ1n) is 4.06. The standard InChI is InChI=1S/C9H10N4/c1-7-3-4-10-9(12-7)13-5-8(2)11-6-13/h3-6H,1-2H3. The van der Waals surface area contributed by atoms with Crippen molar-refractivity contribution in [1.29, 1.82) is 0 Å². The van der Waals surface area contributed by atoms with E-state index in [1.54, 1.807) is 12.5 Å². The van der Waals surface area contributed by atoms with Crippen molar-refractivity contribution >= 4 is 0 Å². The molecule has 0 aliphatic carbocycles. The van der Waals surface area contributed by atoms with E-state index in [9.17, 15) is 0 Å². The molecule has 4 heteroatoms. The van der Waals surface area contributed by atoms with E-state index in [0.29, 0.717) is 5.95 Å². The molecule has 0 aliphatic heterocycles. The Balaban J connectivity index is 2.46. The summed E-state index contributed by atoms with van der Waals surface area (Å²) < 4.78 is 1.81. The molecule has 0 N–H and O–H groups in total. The van der Waals surface area contributed by atoms with Crippen molar-refractivity contribution in [1.82, 2.24) is 19.5 Å². The highest BCUT2D eigenvalue weighted by molar-refractivity contribution is 5.15. The van der Waals surface area contributed by atoms with Crippen molar-refractivity contribution in [3.05, 3.63) is 36.2 Å². The SMILES string of the molecule is Cc1cn(-c2nccc(C)n2)cn1. The third-order valence-corrected chi connectivity index (χ3v) is 1.72. The van der Waals surface area contributed by atoms with Crippen LogP contribution in [0.15, 0.2) is 24.8 Å². The van der Waals surface area contributed by atoms with Gasteiger partial charge in [0.25, 0.3) is 0 Å². The van der Waals surface area contributed by atoms with Gasteiger partial charge in [-0.1, -0.05) is 0 Å². The molecule has 66 valence electrons. The minimum absolute atomic E-state index is 0.667. The summed E-state index contributed by atoms with van der Waals surface area (Å²) in [7, 11) is 0. The normalized spacial score (nSPS) is 10.3. The van der Waals surface area contributed by atoms with Gasteiger partial charge in [-0.3, -0.25) is 4.57 Å². The fourth-order valence-corrected chi connectivity index (χ4v) is 1.09. The molecule has 0 aliphatic rings. The molecule has 0 saturated carbocycles. The molecule has 0 aromatic carbocycles. The Labute approximate surface area is 76.3 Å². The zero-order valence-electron chi connectivity index (χ0n) is 7.60. The summed E-state index contributed by atoms with van der Waals surface area (Å²) in [6.45, 7) is 3.88. The largest absolute Gasteiger partial charge is 0.274 e. The Bertz CT molecular complexity index is 419. The molecule has 4 nitrogen and oxygen atoms in total. The molecule has 2 aromatic heterocycles. The second kappa shape index (κ2) is 2.97. The van der Waals surface area contributed by atoms with Crippen LogP contribution in [0.2, 0.25) is 0 Å². The van der Waals surface area contributed by atoms with E-state index in [2.05, 4.69) is 15.0 Å². The second-order valence-corrected chi connectivity index (χ2v) is 2.92. The van der Waals surface area contributed by atoms with Crippen LogP contribution < -0.4 is 0 Å². The number of hydrogen-bond acceptors (Lipinski definition) is 3. The summed E-state index contributed by atoms with van der Waals surface area (Å²) in [6, 6.07) is 1.87. The fraction of sp³-hybridized carbons (Fsp3) is 0.222. The van der Waals surface area contributed by atoms with Gasteiger partial charge in [0.15, 0.2) is 0 Å². The van der Waals surface area contributed by atoms with E-state index in [1.807, 2.05) is 30.7 Å². The molecule has 0 fully saturated rings. The van der Waals surface area contributed by atoms with Crippen LogP contribution in [0.1, 0.15) is 11.4 Å². The molecule has 2 rings (SSSR count). The Hall–Kier alpha value is -1.71. The van der Waals surface area contributed by atoms with Crippen molar-refractivity contribution in [3.8, 4) is 5.95 Å². The van der Waals surface area contributed by atoms with Crippen LogP contribution in [0.3, 0.4) is 0 Å². The second-order valence-electron chi connectivity index (χ2n) is 2.92. The molecule has 0 radical (unpaired) electrons. The Morgan fingerprint density at radius 2 is 2.00 bits per heavy atom. The van der Waals surface area contributed by atoms with E-state index in [4.69, 9.17) is 0 Å². The molecule has 0 atom stereocenters. The molecular formula is C9H10N4. The maximum absolute atomic E-state index is 4.27. The van der Waals surface area contributed by atoms with E-state index in [-0.39, 0.29) is 0 Å². The molecule has 0 bridgehead atoms. The lowest BCUT2D eigenvalue weighted by atomic mass is 10.5. The van der Waals surface area contributed by atoms with Gasteiger partial charge >= 0.3 is 0 Å². The van der Waals surface area contributed by atoms with Crippen molar-refractivity contribution in [2.45, 2.75) is 13.8 Å². The minimum atomic E-state index is 0.667. The molecule has 0 spiro atoms. The van der Waals surface area contributed by atoms with Crippen LogP contribution in [0.25, 0.3) is 5.95 Å². The van der Waals surface area contributed by atoms with Gasteiger partial charge in [-0.25, -0.2) is 15.0 Å². The van der Waals surface area contributed by atoms with Crippen LogP contribution in [0.5, 0.6) is 0 Å². The summed E-state index contributed by atoms with van der Waals surface area (Å²) in [4.78, 5) is 12.5. The Morgan fingerprint density at radius 3 is 2.62 bits per heavy atom. The van der Waals surface area contributed by atoms with Crippen LogP contribution >= 0.6 is 0 Å². The van der Waals surface area contributed by atoms with Gasteiger partial charge < -0.3 is 0 Å². The highest BCUT2D eigenvalue weighted by atomic mass is 15.2. The van der Waals surface area contributed by atoms with Crippen LogP contribution in [-0.2, 0) is 0 Å². The third-order valence-electron chi connectivity index (χ3n) is 1.72. The first-order chi connectivity index (χ1) is 6.25. The minimum Gasteiger partial charge on any atom is -0.274 e. The van der Waals surface area contributed by atoms with Gasteiger partial charge in [0.1, 0.15) is 6.33 Å². The molecule has 0 unspecified atom stereocenters. The Kier molecular flexibility index (Phi) is 1.81. The number of aryl methyl sites for hydroxylation is 2. The Morgan fingerprint density at radius 1 is 1.15 bits per heavy atom. The van der Waals surface area contributed by atoms with E-state index in [0.717, 1.165) is 11.4 Å². The predicted octanol–water partition coefficient (Wildman–Crippen LogP) is 1.28. The zero-order chi connectivity index (χ0) is 9.26. The summed E-state index contributed by atoms with van der Waals surface area (Å²) in [5.74, 6) is 0.667. The maximum atomic E-state index is 4.27. The third kappa shape index (κ3) is 1.56. The van der Waals surface area contributed by atoms with Crippen LogP contribution in [0, 0.1) is 13.8 Å². The summed E-state index contributed by atoms with van der Waals surface area (Å²) >= 11 is 0. The monoisotopic (exact) mass is 174 g/mol. The lowest BCUT2D eigenvalue weighted by Gasteiger charge is -1.98. The number of rotatable bonds is 1. The fourth-order valence-electron chi connectivity index (χ4n) is 1.09. The van der Waals surface area contributed by atoms with Gasteiger partial charge in [-0.2, -0.15) is 0 Å². The van der Waals surface area contributed by atoms with Crippen LogP contribution in [0.4, 0.5) is 0 Å². The number of hydrogen-bond donors (Lipinski definition) is 0. The molecule has 0 saturated heterocycles. The highest BCUT2D eigenvalue weighted by Gasteiger charge is 1.99.